The van der Waals surface area contributed by atoms with E-state index in [0.717, 1.165) is 6.42 Å². The van der Waals surface area contributed by atoms with Gasteiger partial charge in [-0.1, -0.05) is 19.1 Å². The number of hydrogen-bond acceptors (Lipinski definition) is 5. The second kappa shape index (κ2) is 9.23. The number of nitrogens with one attached hydrogen (secondary N) is 1. The van der Waals surface area contributed by atoms with Crippen molar-refractivity contribution < 1.29 is 23.9 Å². The average molecular weight is 396 g/mol. The fourth-order valence-electron chi connectivity index (χ4n) is 3.15. The summed E-state index contributed by atoms with van der Waals surface area (Å²) in [5, 5.41) is 2.69. The van der Waals surface area contributed by atoms with Crippen molar-refractivity contribution >= 4 is 29.2 Å². The van der Waals surface area contributed by atoms with Crippen molar-refractivity contribution in [3.63, 3.8) is 0 Å². The smallest absolute Gasteiger partial charge is 0.311 e. The molecule has 0 aromatic heterocycles. The third-order valence-corrected chi connectivity index (χ3v) is 4.83. The quantitative estimate of drug-likeness (QED) is 0.728. The third-order valence-electron chi connectivity index (χ3n) is 4.83. The number of aryl methyl sites for hydroxylation is 1. The van der Waals surface area contributed by atoms with Gasteiger partial charge >= 0.3 is 5.97 Å². The molecule has 0 spiro atoms. The number of methoxy groups -OCH3 is 1. The zero-order valence-corrected chi connectivity index (χ0v) is 16.5. The Labute approximate surface area is 169 Å². The maximum absolute atomic E-state index is 12.3. The van der Waals surface area contributed by atoms with Gasteiger partial charge in [0.1, 0.15) is 5.75 Å². The molecular weight excluding hydrogens is 372 g/mol. The lowest BCUT2D eigenvalue weighted by molar-refractivity contribution is -0.151. The van der Waals surface area contributed by atoms with Crippen LogP contribution in [0.5, 0.6) is 5.75 Å². The lowest BCUT2D eigenvalue weighted by Gasteiger charge is -2.16. The standard InChI is InChI=1S/C22H24N2O5/c1-3-15-4-6-17(7-5-15)23-20(25)14-29-22(27)16-12-21(26)24(13-16)18-8-10-19(28-2)11-9-18/h4-11,16H,3,12-14H2,1-2H3,(H,23,25)/t16-/m0/s1. The van der Waals surface area contributed by atoms with Gasteiger partial charge in [-0.05, 0) is 48.4 Å². The van der Waals surface area contributed by atoms with E-state index < -0.39 is 17.8 Å². The highest BCUT2D eigenvalue weighted by Gasteiger charge is 2.36. The molecule has 0 bridgehead atoms. The first-order valence-corrected chi connectivity index (χ1v) is 9.50. The number of carbonyl (C=O) groups excluding carboxylic acids is 3. The molecule has 2 aromatic carbocycles. The van der Waals surface area contributed by atoms with Gasteiger partial charge in [0, 0.05) is 24.3 Å². The largest absolute Gasteiger partial charge is 0.497 e. The van der Waals surface area contributed by atoms with E-state index in [0.29, 0.717) is 17.1 Å². The molecule has 0 radical (unpaired) electrons. The minimum absolute atomic E-state index is 0.0605. The highest BCUT2D eigenvalue weighted by molar-refractivity contribution is 6.00. The van der Waals surface area contributed by atoms with E-state index in [2.05, 4.69) is 12.2 Å². The summed E-state index contributed by atoms with van der Waals surface area (Å²) in [6.45, 7) is 1.89. The van der Waals surface area contributed by atoms with Crippen molar-refractivity contribution in [1.29, 1.82) is 0 Å². The first kappa shape index (κ1) is 20.4. The van der Waals surface area contributed by atoms with Crippen LogP contribution in [0.2, 0.25) is 0 Å². The Hall–Kier alpha value is -3.35. The molecule has 1 heterocycles. The number of carbonyl (C=O) groups is 3. The van der Waals surface area contributed by atoms with Gasteiger partial charge in [0.05, 0.1) is 13.0 Å². The van der Waals surface area contributed by atoms with Crippen molar-refractivity contribution in [2.75, 3.05) is 30.5 Å². The minimum Gasteiger partial charge on any atom is -0.497 e. The Balaban J connectivity index is 1.50. The van der Waals surface area contributed by atoms with E-state index >= 15 is 0 Å². The van der Waals surface area contributed by atoms with E-state index in [1.807, 2.05) is 12.1 Å². The summed E-state index contributed by atoms with van der Waals surface area (Å²) in [6, 6.07) is 14.5. The number of hydrogen-bond donors (Lipinski definition) is 1. The van der Waals surface area contributed by atoms with Crippen molar-refractivity contribution in [2.45, 2.75) is 19.8 Å². The number of anilines is 2. The topological polar surface area (TPSA) is 84.9 Å². The second-order valence-corrected chi connectivity index (χ2v) is 6.81. The summed E-state index contributed by atoms with van der Waals surface area (Å²) >= 11 is 0. The summed E-state index contributed by atoms with van der Waals surface area (Å²) in [5.74, 6) is -1.03. The van der Waals surface area contributed by atoms with Crippen LogP contribution in [-0.2, 0) is 25.5 Å². The normalized spacial score (nSPS) is 15.9. The molecule has 1 fully saturated rings. The molecule has 29 heavy (non-hydrogen) atoms. The van der Waals surface area contributed by atoms with Crippen LogP contribution < -0.4 is 15.0 Å². The first-order valence-electron chi connectivity index (χ1n) is 9.50. The predicted molar refractivity (Wildman–Crippen MR) is 109 cm³/mol. The van der Waals surface area contributed by atoms with Gasteiger partial charge in [-0.2, -0.15) is 0 Å². The molecule has 1 atom stereocenters. The third kappa shape index (κ3) is 5.13. The summed E-state index contributed by atoms with van der Waals surface area (Å²) in [7, 11) is 1.57. The lowest BCUT2D eigenvalue weighted by Crippen LogP contribution is -2.28. The Kier molecular flexibility index (Phi) is 6.49. The van der Waals surface area contributed by atoms with Crippen LogP contribution in [0.3, 0.4) is 0 Å². The zero-order valence-electron chi connectivity index (χ0n) is 16.5. The van der Waals surface area contributed by atoms with Crippen LogP contribution in [0.4, 0.5) is 11.4 Å². The number of ether oxygens (including phenoxy) is 2. The van der Waals surface area contributed by atoms with E-state index in [1.165, 1.54) is 5.56 Å². The van der Waals surface area contributed by atoms with Gasteiger partial charge in [-0.3, -0.25) is 14.4 Å². The fraction of sp³-hybridized carbons (Fsp3) is 0.318. The summed E-state index contributed by atoms with van der Waals surface area (Å²) in [5.41, 5.74) is 2.51. The average Bonchev–Trinajstić information content (AvgIpc) is 3.14. The molecule has 1 aliphatic rings. The highest BCUT2D eigenvalue weighted by Crippen LogP contribution is 2.27. The number of rotatable bonds is 7. The van der Waals surface area contributed by atoms with Gasteiger partial charge in [-0.15, -0.1) is 0 Å². The van der Waals surface area contributed by atoms with Crippen LogP contribution in [0.15, 0.2) is 48.5 Å². The maximum Gasteiger partial charge on any atom is 0.311 e. The molecule has 0 unspecified atom stereocenters. The Morgan fingerprint density at radius 3 is 2.41 bits per heavy atom. The Morgan fingerprint density at radius 1 is 1.10 bits per heavy atom. The van der Waals surface area contributed by atoms with E-state index in [9.17, 15) is 14.4 Å². The highest BCUT2D eigenvalue weighted by atomic mass is 16.5. The lowest BCUT2D eigenvalue weighted by atomic mass is 10.1. The van der Waals surface area contributed by atoms with Crippen molar-refractivity contribution in [3.05, 3.63) is 54.1 Å². The molecule has 152 valence electrons. The Morgan fingerprint density at radius 2 is 1.79 bits per heavy atom. The first-order chi connectivity index (χ1) is 14.0. The van der Waals surface area contributed by atoms with Crippen LogP contribution in [-0.4, -0.2) is 38.0 Å². The number of amides is 2. The number of esters is 1. The summed E-state index contributed by atoms with van der Waals surface area (Å²) < 4.78 is 10.2. The molecular formula is C22H24N2O5. The monoisotopic (exact) mass is 396 g/mol. The van der Waals surface area contributed by atoms with Crippen LogP contribution in [0.1, 0.15) is 18.9 Å². The molecule has 1 N–H and O–H groups in total. The van der Waals surface area contributed by atoms with Crippen molar-refractivity contribution in [2.24, 2.45) is 5.92 Å². The molecule has 7 heteroatoms. The molecule has 0 saturated carbocycles. The molecule has 7 nitrogen and oxygen atoms in total. The molecule has 3 rings (SSSR count). The fourth-order valence-corrected chi connectivity index (χ4v) is 3.15. The maximum atomic E-state index is 12.3. The number of benzene rings is 2. The molecule has 0 aliphatic carbocycles. The molecule has 2 aromatic rings. The van der Waals surface area contributed by atoms with Gasteiger partial charge in [0.2, 0.25) is 5.91 Å². The van der Waals surface area contributed by atoms with Crippen LogP contribution in [0, 0.1) is 5.92 Å². The Bertz CT molecular complexity index is 877. The van der Waals surface area contributed by atoms with Crippen LogP contribution in [0.25, 0.3) is 0 Å². The molecule has 1 aliphatic heterocycles. The minimum atomic E-state index is -0.596. The van der Waals surface area contributed by atoms with E-state index in [-0.39, 0.29) is 25.5 Å². The van der Waals surface area contributed by atoms with E-state index in [1.54, 1.807) is 48.4 Å². The van der Waals surface area contributed by atoms with E-state index in [4.69, 9.17) is 9.47 Å². The predicted octanol–water partition coefficient (Wildman–Crippen LogP) is 2.79. The number of nitrogens with zero attached hydrogens (tertiary/aromatic N) is 1. The van der Waals surface area contributed by atoms with Gasteiger partial charge in [0.25, 0.3) is 5.91 Å². The van der Waals surface area contributed by atoms with Gasteiger partial charge in [-0.25, -0.2) is 0 Å². The molecule has 2 amide bonds. The van der Waals surface area contributed by atoms with Crippen molar-refractivity contribution in [1.82, 2.24) is 0 Å². The van der Waals surface area contributed by atoms with Crippen molar-refractivity contribution in [3.8, 4) is 5.75 Å². The second-order valence-electron chi connectivity index (χ2n) is 6.81. The van der Waals surface area contributed by atoms with Gasteiger partial charge in [0.15, 0.2) is 6.61 Å². The zero-order chi connectivity index (χ0) is 20.8. The SMILES string of the molecule is CCc1ccc(NC(=O)COC(=O)[C@H]2CC(=O)N(c3ccc(OC)cc3)C2)cc1. The molecule has 1 saturated heterocycles. The summed E-state index contributed by atoms with van der Waals surface area (Å²) in [6.07, 6.45) is 0.977. The van der Waals surface area contributed by atoms with Gasteiger partial charge < -0.3 is 19.7 Å². The summed E-state index contributed by atoms with van der Waals surface area (Å²) in [4.78, 5) is 38.2. The van der Waals surface area contributed by atoms with Crippen LogP contribution >= 0.6 is 0 Å².